The lowest BCUT2D eigenvalue weighted by Crippen LogP contribution is -2.41. The zero-order chi connectivity index (χ0) is 24.8. The number of hydrogen-bond acceptors (Lipinski definition) is 5. The van der Waals surface area contributed by atoms with E-state index in [-0.39, 0.29) is 50.6 Å². The second-order valence-electron chi connectivity index (χ2n) is 8.03. The second-order valence-corrected chi connectivity index (χ2v) is 8.03. The average molecular weight is 484 g/mol. The molecule has 35 heavy (non-hydrogen) atoms. The Bertz CT molecular complexity index is 1180. The van der Waals surface area contributed by atoms with E-state index in [4.69, 9.17) is 9.47 Å². The number of amides is 1. The minimum absolute atomic E-state index is 0.0184. The van der Waals surface area contributed by atoms with Crippen LogP contribution in [0.4, 0.5) is 13.2 Å². The number of nitrogens with zero attached hydrogens (tertiary/aromatic N) is 2. The number of rotatable bonds is 7. The van der Waals surface area contributed by atoms with Crippen molar-refractivity contribution in [3.8, 4) is 5.75 Å². The number of halogens is 3. The van der Waals surface area contributed by atoms with Gasteiger partial charge in [-0.2, -0.15) is 13.2 Å². The molecule has 0 bridgehead atoms. The van der Waals surface area contributed by atoms with E-state index in [1.54, 1.807) is 36.4 Å². The maximum atomic E-state index is 14.1. The van der Waals surface area contributed by atoms with Gasteiger partial charge < -0.3 is 14.4 Å². The normalized spacial score (nSPS) is 14.0. The maximum Gasteiger partial charge on any atom is 0.417 e. The van der Waals surface area contributed by atoms with Crippen molar-refractivity contribution in [2.75, 3.05) is 26.3 Å². The van der Waals surface area contributed by atoms with Crippen LogP contribution in [0.3, 0.4) is 0 Å². The largest absolute Gasteiger partial charge is 0.488 e. The molecule has 2 aromatic carbocycles. The number of morpholine rings is 1. The summed E-state index contributed by atoms with van der Waals surface area (Å²) in [7, 11) is 0. The molecule has 0 atom stereocenters. The van der Waals surface area contributed by atoms with Crippen LogP contribution < -0.4 is 4.74 Å². The Morgan fingerprint density at radius 1 is 0.971 bits per heavy atom. The lowest BCUT2D eigenvalue weighted by atomic mass is 9.96. The minimum atomic E-state index is -4.85. The molecule has 1 saturated heterocycles. The molecule has 0 radical (unpaired) electrons. The minimum Gasteiger partial charge on any atom is -0.488 e. The van der Waals surface area contributed by atoms with Crippen molar-refractivity contribution in [3.05, 3.63) is 94.8 Å². The molecule has 4 rings (SSSR count). The topological polar surface area (TPSA) is 68.7 Å². The van der Waals surface area contributed by atoms with Crippen molar-refractivity contribution >= 4 is 11.7 Å². The van der Waals surface area contributed by atoms with Crippen LogP contribution in [0.2, 0.25) is 0 Å². The van der Waals surface area contributed by atoms with Crippen molar-refractivity contribution in [1.82, 2.24) is 9.88 Å². The van der Waals surface area contributed by atoms with Gasteiger partial charge in [-0.3, -0.25) is 14.6 Å². The summed E-state index contributed by atoms with van der Waals surface area (Å²) in [5.74, 6) is -1.43. The third-order valence-corrected chi connectivity index (χ3v) is 5.58. The van der Waals surface area contributed by atoms with E-state index in [1.165, 1.54) is 17.3 Å². The highest BCUT2D eigenvalue weighted by Gasteiger charge is 2.38. The molecule has 0 N–H and O–H groups in total. The summed E-state index contributed by atoms with van der Waals surface area (Å²) in [6.45, 7) is 0.860. The molecule has 1 fully saturated rings. The van der Waals surface area contributed by atoms with E-state index in [9.17, 15) is 22.8 Å². The quantitative estimate of drug-likeness (QED) is 0.460. The molecule has 1 aliphatic heterocycles. The Morgan fingerprint density at radius 3 is 2.34 bits per heavy atom. The fourth-order valence-electron chi connectivity index (χ4n) is 3.78. The number of Topliss-reactive ketones (excluding diaryl/α,β-unsaturated/α-hetero) is 1. The lowest BCUT2D eigenvalue weighted by Gasteiger charge is -2.28. The summed E-state index contributed by atoms with van der Waals surface area (Å²) >= 11 is 0. The summed E-state index contributed by atoms with van der Waals surface area (Å²) in [6, 6.07) is 14.1. The smallest absolute Gasteiger partial charge is 0.417 e. The van der Waals surface area contributed by atoms with Crippen LogP contribution >= 0.6 is 0 Å². The number of benzene rings is 2. The predicted molar refractivity (Wildman–Crippen MR) is 121 cm³/mol. The van der Waals surface area contributed by atoms with Crippen molar-refractivity contribution < 1.29 is 32.2 Å². The van der Waals surface area contributed by atoms with E-state index in [0.29, 0.717) is 5.56 Å². The van der Waals surface area contributed by atoms with Gasteiger partial charge >= 0.3 is 6.18 Å². The van der Waals surface area contributed by atoms with Crippen LogP contribution in [0, 0.1) is 0 Å². The van der Waals surface area contributed by atoms with Gasteiger partial charge in [-0.25, -0.2) is 0 Å². The maximum absolute atomic E-state index is 14.1. The molecule has 1 amide bonds. The highest BCUT2D eigenvalue weighted by Crippen LogP contribution is 2.37. The van der Waals surface area contributed by atoms with E-state index in [1.807, 2.05) is 6.07 Å². The van der Waals surface area contributed by atoms with Gasteiger partial charge in [-0.1, -0.05) is 36.4 Å². The van der Waals surface area contributed by atoms with Crippen LogP contribution in [0.25, 0.3) is 0 Å². The molecule has 3 aromatic rings. The summed E-state index contributed by atoms with van der Waals surface area (Å²) in [5, 5.41) is 0. The van der Waals surface area contributed by atoms with Crippen LogP contribution in [-0.2, 0) is 23.9 Å². The Balaban J connectivity index is 1.76. The fourth-order valence-corrected chi connectivity index (χ4v) is 3.78. The molecule has 1 aliphatic rings. The second kappa shape index (κ2) is 10.7. The Labute approximate surface area is 200 Å². The number of alkyl halides is 3. The molecule has 9 heteroatoms. The molecule has 1 aromatic heterocycles. The number of ketones is 1. The van der Waals surface area contributed by atoms with E-state index >= 15 is 0 Å². The molecular formula is C26H23F3N2O4. The highest BCUT2D eigenvalue weighted by atomic mass is 19.4. The zero-order valence-corrected chi connectivity index (χ0v) is 18.8. The van der Waals surface area contributed by atoms with Gasteiger partial charge in [0.25, 0.3) is 5.91 Å². The summed E-state index contributed by atoms with van der Waals surface area (Å²) < 4.78 is 53.3. The first-order valence-corrected chi connectivity index (χ1v) is 11.0. The van der Waals surface area contributed by atoms with Crippen LogP contribution in [0.15, 0.2) is 67.0 Å². The van der Waals surface area contributed by atoms with Crippen LogP contribution in [0.5, 0.6) is 5.75 Å². The molecule has 2 heterocycles. The average Bonchev–Trinajstić information content (AvgIpc) is 2.87. The first-order chi connectivity index (χ1) is 16.8. The zero-order valence-electron chi connectivity index (χ0n) is 18.8. The van der Waals surface area contributed by atoms with Gasteiger partial charge in [0.05, 0.1) is 29.9 Å². The van der Waals surface area contributed by atoms with E-state index < -0.39 is 29.0 Å². The molecular weight excluding hydrogens is 461 g/mol. The predicted octanol–water partition coefficient (Wildman–Crippen LogP) is 4.58. The molecule has 0 aliphatic carbocycles. The number of carbonyl (C=O) groups is 2. The van der Waals surface area contributed by atoms with Gasteiger partial charge in [0.2, 0.25) is 0 Å². The Morgan fingerprint density at radius 2 is 1.69 bits per heavy atom. The number of carbonyl (C=O) groups excluding carboxylic acids is 2. The summed E-state index contributed by atoms with van der Waals surface area (Å²) in [4.78, 5) is 31.5. The van der Waals surface area contributed by atoms with Crippen molar-refractivity contribution in [1.29, 1.82) is 0 Å². The molecule has 0 saturated carbocycles. The first kappa shape index (κ1) is 24.4. The standard InChI is InChI=1S/C26H23F3N2O4/c27-26(28,29)22-14-21(23(32)13-19-7-4-8-30-16-19)24(35-17-18-5-2-1-3-6-18)15-20(22)25(33)31-9-11-34-12-10-31/h1-8,14-16H,9-13,17H2. The monoisotopic (exact) mass is 484 g/mol. The van der Waals surface area contributed by atoms with E-state index in [0.717, 1.165) is 17.7 Å². The molecule has 0 spiro atoms. The molecule has 0 unspecified atom stereocenters. The number of pyridine rings is 1. The summed E-state index contributed by atoms with van der Waals surface area (Å²) in [6.07, 6.45) is -2.00. The van der Waals surface area contributed by atoms with Crippen molar-refractivity contribution in [2.24, 2.45) is 0 Å². The van der Waals surface area contributed by atoms with Crippen molar-refractivity contribution in [2.45, 2.75) is 19.2 Å². The van der Waals surface area contributed by atoms with Crippen LogP contribution in [0.1, 0.15) is 37.4 Å². The highest BCUT2D eigenvalue weighted by molar-refractivity contribution is 6.03. The number of aromatic nitrogens is 1. The molecule has 182 valence electrons. The third-order valence-electron chi connectivity index (χ3n) is 5.58. The SMILES string of the molecule is O=C(Cc1cccnc1)c1cc(C(F)(F)F)c(C(=O)N2CCOCC2)cc1OCc1ccccc1. The van der Waals surface area contributed by atoms with Crippen molar-refractivity contribution in [3.63, 3.8) is 0 Å². The van der Waals surface area contributed by atoms with Gasteiger partial charge in [0.1, 0.15) is 12.4 Å². The fraction of sp³-hybridized carbons (Fsp3) is 0.269. The van der Waals surface area contributed by atoms with Gasteiger partial charge in [-0.15, -0.1) is 0 Å². The van der Waals surface area contributed by atoms with Gasteiger partial charge in [0.15, 0.2) is 5.78 Å². The van der Waals surface area contributed by atoms with Gasteiger partial charge in [-0.05, 0) is 29.3 Å². The summed E-state index contributed by atoms with van der Waals surface area (Å²) in [5.41, 5.74) is -0.653. The molecule has 6 nitrogen and oxygen atoms in total. The Hall–Kier alpha value is -3.72. The van der Waals surface area contributed by atoms with E-state index in [2.05, 4.69) is 4.98 Å². The Kier molecular flexibility index (Phi) is 7.45. The number of hydrogen-bond donors (Lipinski definition) is 0. The van der Waals surface area contributed by atoms with Crippen LogP contribution in [-0.4, -0.2) is 47.9 Å². The number of ether oxygens (including phenoxy) is 2. The van der Waals surface area contributed by atoms with Gasteiger partial charge in [0, 0.05) is 31.9 Å². The first-order valence-electron chi connectivity index (χ1n) is 11.0. The third kappa shape index (κ3) is 6.05. The lowest BCUT2D eigenvalue weighted by molar-refractivity contribution is -0.138.